The van der Waals surface area contributed by atoms with E-state index >= 15 is 0 Å². The summed E-state index contributed by atoms with van der Waals surface area (Å²) in [5.41, 5.74) is 0.734. The van der Waals surface area contributed by atoms with Crippen LogP contribution in [0.25, 0.3) is 0 Å². The van der Waals surface area contributed by atoms with Crippen LogP contribution in [0.15, 0.2) is 18.2 Å². The Morgan fingerprint density at radius 3 is 2.88 bits per heavy atom. The topological polar surface area (TPSA) is 21.3 Å². The van der Waals surface area contributed by atoms with Crippen molar-refractivity contribution in [2.45, 2.75) is 24.9 Å². The number of nitrogens with one attached hydrogen (secondary N) is 1. The Morgan fingerprint density at radius 1 is 1.25 bits per heavy atom. The molecule has 1 N–H and O–H groups in total. The van der Waals surface area contributed by atoms with Crippen LogP contribution in [0.3, 0.4) is 0 Å². The third-order valence-electron chi connectivity index (χ3n) is 3.59. The van der Waals surface area contributed by atoms with E-state index in [4.69, 9.17) is 4.74 Å². The van der Waals surface area contributed by atoms with Gasteiger partial charge < -0.3 is 10.1 Å². The van der Waals surface area contributed by atoms with Crippen molar-refractivity contribution in [2.24, 2.45) is 0 Å². The van der Waals surface area contributed by atoms with E-state index in [1.807, 2.05) is 18.2 Å². The molecular weight excluding hydrogens is 205 g/mol. The normalized spacial score (nSPS) is 22.6. The molecule has 3 rings (SSSR count). The highest BCUT2D eigenvalue weighted by molar-refractivity contribution is 5.47. The monoisotopic (exact) mass is 221 g/mol. The molecule has 1 fully saturated rings. The average Bonchev–Trinajstić information content (AvgIpc) is 2.77. The van der Waals surface area contributed by atoms with Crippen LogP contribution in [0.1, 0.15) is 24.0 Å². The van der Waals surface area contributed by atoms with Crippen LogP contribution >= 0.6 is 0 Å². The number of hydrogen-bond acceptors (Lipinski definition) is 2. The van der Waals surface area contributed by atoms with Crippen molar-refractivity contribution < 1.29 is 9.13 Å². The summed E-state index contributed by atoms with van der Waals surface area (Å²) >= 11 is 0. The first kappa shape index (κ1) is 10.1. The van der Waals surface area contributed by atoms with Gasteiger partial charge >= 0.3 is 0 Å². The van der Waals surface area contributed by atoms with E-state index in [9.17, 15) is 4.39 Å². The lowest BCUT2D eigenvalue weighted by Gasteiger charge is -2.31. The van der Waals surface area contributed by atoms with Crippen molar-refractivity contribution >= 4 is 0 Å². The van der Waals surface area contributed by atoms with Gasteiger partial charge in [-0.2, -0.15) is 0 Å². The van der Waals surface area contributed by atoms with Gasteiger partial charge in [-0.25, -0.2) is 4.39 Å². The van der Waals surface area contributed by atoms with Crippen LogP contribution in [-0.2, 0) is 12.1 Å². The van der Waals surface area contributed by atoms with E-state index in [-0.39, 0.29) is 0 Å². The molecule has 0 spiro atoms. The van der Waals surface area contributed by atoms with Gasteiger partial charge in [-0.1, -0.05) is 18.2 Å². The maximum Gasteiger partial charge on any atom is 0.142 e. The average molecular weight is 221 g/mol. The molecule has 1 aromatic carbocycles. The highest BCUT2D eigenvalue weighted by Crippen LogP contribution is 2.43. The van der Waals surface area contributed by atoms with Gasteiger partial charge in [0.15, 0.2) is 0 Å². The second-order valence-corrected chi connectivity index (χ2v) is 4.61. The lowest BCUT2D eigenvalue weighted by molar-refractivity contribution is 0.111. The molecule has 16 heavy (non-hydrogen) atoms. The first-order valence-corrected chi connectivity index (χ1v) is 5.94. The van der Waals surface area contributed by atoms with Crippen LogP contribution < -0.4 is 10.1 Å². The van der Waals surface area contributed by atoms with Crippen LogP contribution in [0.2, 0.25) is 0 Å². The summed E-state index contributed by atoms with van der Waals surface area (Å²) in [4.78, 5) is 0. The second-order valence-electron chi connectivity index (χ2n) is 4.61. The molecule has 3 heteroatoms. The maximum absolute atomic E-state index is 14.8. The Hall–Kier alpha value is -1.09. The quantitative estimate of drug-likeness (QED) is 0.784. The van der Waals surface area contributed by atoms with E-state index in [1.54, 1.807) is 0 Å². The number of alkyl halides is 1. The SMILES string of the molecule is FC1(c2cccc3c2OCC3)CCNCC1. The number of benzene rings is 1. The molecule has 0 bridgehead atoms. The van der Waals surface area contributed by atoms with Gasteiger partial charge in [0.05, 0.1) is 6.61 Å². The smallest absolute Gasteiger partial charge is 0.142 e. The maximum atomic E-state index is 14.8. The fraction of sp³-hybridized carbons (Fsp3) is 0.538. The molecule has 2 heterocycles. The molecule has 2 aliphatic heterocycles. The fourth-order valence-electron chi connectivity index (χ4n) is 2.66. The van der Waals surface area contributed by atoms with Gasteiger partial charge in [-0.15, -0.1) is 0 Å². The molecule has 86 valence electrons. The standard InChI is InChI=1S/C13H16FNO/c14-13(5-7-15-8-6-13)11-3-1-2-10-4-9-16-12(10)11/h1-3,15H,4-9H2. The van der Waals surface area contributed by atoms with Gasteiger partial charge in [-0.05, 0) is 31.5 Å². The van der Waals surface area contributed by atoms with Crippen molar-refractivity contribution in [1.82, 2.24) is 5.32 Å². The summed E-state index contributed by atoms with van der Waals surface area (Å²) in [5, 5.41) is 3.20. The predicted octanol–water partition coefficient (Wildman–Crippen LogP) is 2.17. The number of fused-ring (bicyclic) bond motifs is 1. The third-order valence-corrected chi connectivity index (χ3v) is 3.59. The Balaban J connectivity index is 2.02. The first-order chi connectivity index (χ1) is 7.80. The van der Waals surface area contributed by atoms with E-state index in [0.717, 1.165) is 36.4 Å². The molecule has 2 nitrogen and oxygen atoms in total. The molecule has 2 aliphatic rings. The van der Waals surface area contributed by atoms with E-state index in [2.05, 4.69) is 5.32 Å². The molecule has 0 aliphatic carbocycles. The molecule has 1 saturated heterocycles. The Morgan fingerprint density at radius 2 is 2.06 bits per heavy atom. The molecule has 0 radical (unpaired) electrons. The van der Waals surface area contributed by atoms with Gasteiger partial charge in [0, 0.05) is 12.0 Å². The minimum Gasteiger partial charge on any atom is -0.493 e. The molecular formula is C13H16FNO. The predicted molar refractivity (Wildman–Crippen MR) is 60.5 cm³/mol. The van der Waals surface area contributed by atoms with E-state index in [0.29, 0.717) is 19.4 Å². The largest absolute Gasteiger partial charge is 0.493 e. The summed E-state index contributed by atoms with van der Waals surface area (Å²) in [6, 6.07) is 5.87. The number of piperidine rings is 1. The molecule has 1 aromatic rings. The van der Waals surface area contributed by atoms with Crippen LogP contribution in [0.5, 0.6) is 5.75 Å². The number of rotatable bonds is 1. The number of hydrogen-bond donors (Lipinski definition) is 1. The molecule has 0 unspecified atom stereocenters. The zero-order valence-corrected chi connectivity index (χ0v) is 9.26. The minimum absolute atomic E-state index is 0.548. The lowest BCUT2D eigenvalue weighted by atomic mass is 9.85. The zero-order valence-electron chi connectivity index (χ0n) is 9.26. The summed E-state index contributed by atoms with van der Waals surface area (Å²) in [5.74, 6) is 0.812. The van der Waals surface area contributed by atoms with Gasteiger partial charge in [0.2, 0.25) is 0 Å². The summed E-state index contributed by atoms with van der Waals surface area (Å²) in [6.07, 6.45) is 2.01. The van der Waals surface area contributed by atoms with Crippen molar-refractivity contribution in [1.29, 1.82) is 0 Å². The Kier molecular flexibility index (Phi) is 2.36. The van der Waals surface area contributed by atoms with E-state index < -0.39 is 5.67 Å². The number of ether oxygens (including phenoxy) is 1. The summed E-state index contributed by atoms with van der Waals surface area (Å²) in [7, 11) is 0. The van der Waals surface area contributed by atoms with Gasteiger partial charge in [0.25, 0.3) is 0 Å². The second kappa shape index (κ2) is 3.74. The summed E-state index contributed by atoms with van der Waals surface area (Å²) < 4.78 is 20.4. The molecule has 0 atom stereocenters. The van der Waals surface area contributed by atoms with Crippen molar-refractivity contribution in [3.05, 3.63) is 29.3 Å². The Bertz CT molecular complexity index is 399. The Labute approximate surface area is 94.8 Å². The van der Waals surface area contributed by atoms with Gasteiger partial charge in [0.1, 0.15) is 11.4 Å². The first-order valence-electron chi connectivity index (χ1n) is 5.94. The van der Waals surface area contributed by atoms with Crippen LogP contribution in [-0.4, -0.2) is 19.7 Å². The molecule has 0 aromatic heterocycles. The summed E-state index contributed by atoms with van der Waals surface area (Å²) in [6.45, 7) is 2.20. The highest BCUT2D eigenvalue weighted by atomic mass is 19.1. The number of halogens is 1. The lowest BCUT2D eigenvalue weighted by Crippen LogP contribution is -2.36. The van der Waals surface area contributed by atoms with Gasteiger partial charge in [-0.3, -0.25) is 0 Å². The molecule has 0 saturated carbocycles. The van der Waals surface area contributed by atoms with Crippen LogP contribution in [0.4, 0.5) is 4.39 Å². The number of para-hydroxylation sites is 1. The van der Waals surface area contributed by atoms with Crippen LogP contribution in [0, 0.1) is 0 Å². The third kappa shape index (κ3) is 1.50. The van der Waals surface area contributed by atoms with Crippen molar-refractivity contribution in [2.75, 3.05) is 19.7 Å². The van der Waals surface area contributed by atoms with Crippen molar-refractivity contribution in [3.63, 3.8) is 0 Å². The minimum atomic E-state index is -1.19. The van der Waals surface area contributed by atoms with Crippen molar-refractivity contribution in [3.8, 4) is 5.75 Å². The zero-order chi connectivity index (χ0) is 11.0. The van der Waals surface area contributed by atoms with E-state index in [1.165, 1.54) is 0 Å². The highest BCUT2D eigenvalue weighted by Gasteiger charge is 2.37. The molecule has 0 amide bonds. The fourth-order valence-corrected chi connectivity index (χ4v) is 2.66.